The van der Waals surface area contributed by atoms with E-state index in [0.29, 0.717) is 5.70 Å². The van der Waals surface area contributed by atoms with Crippen molar-refractivity contribution in [1.82, 2.24) is 10.2 Å². The van der Waals surface area contributed by atoms with Gasteiger partial charge in [-0.1, -0.05) is 18.6 Å². The number of nitrogens with one attached hydrogen (secondary N) is 1. The monoisotopic (exact) mass is 235 g/mol. The topological polar surface area (TPSA) is 44.4 Å². The van der Waals surface area contributed by atoms with E-state index in [0.717, 1.165) is 25.9 Å². The Balaban J connectivity index is 2.19. The summed E-state index contributed by atoms with van der Waals surface area (Å²) in [6.07, 6.45) is 12.4. The lowest BCUT2D eigenvalue weighted by Crippen LogP contribution is -2.54. The highest BCUT2D eigenvalue weighted by atomic mass is 16.6. The van der Waals surface area contributed by atoms with Crippen molar-refractivity contribution in [2.45, 2.75) is 25.2 Å². The second kappa shape index (κ2) is 5.49. The van der Waals surface area contributed by atoms with Gasteiger partial charge in [-0.15, -0.1) is 0 Å². The molecule has 0 saturated carbocycles. The van der Waals surface area contributed by atoms with Crippen LogP contribution in [0.5, 0.6) is 0 Å². The Morgan fingerprint density at radius 2 is 2.00 bits per heavy atom. The van der Waals surface area contributed by atoms with Crippen LogP contribution in [-0.2, 0) is 9.84 Å². The average molecular weight is 235 g/mol. The number of allylic oxidation sites excluding steroid dienone is 4. The van der Waals surface area contributed by atoms with Gasteiger partial charge in [0.1, 0.15) is 0 Å². The molecule has 4 heteroatoms. The maximum absolute atomic E-state index is 12.8. The SMILES string of the molecule is COC([O])(C1=CC=CC=CN1)N1CCCCC1. The largest absolute Gasteiger partial charge is 0.359 e. The first-order valence-corrected chi connectivity index (χ1v) is 6.08. The minimum Gasteiger partial charge on any atom is -0.359 e. The van der Waals surface area contributed by atoms with Gasteiger partial charge in [0.2, 0.25) is 0 Å². The lowest BCUT2D eigenvalue weighted by molar-refractivity contribution is -0.292. The molecular formula is C13H19N2O2. The van der Waals surface area contributed by atoms with Crippen molar-refractivity contribution in [3.63, 3.8) is 0 Å². The summed E-state index contributed by atoms with van der Waals surface area (Å²) >= 11 is 0. The maximum atomic E-state index is 12.8. The van der Waals surface area contributed by atoms with Crippen LogP contribution in [0.15, 0.2) is 36.2 Å². The minimum atomic E-state index is -1.60. The molecule has 1 unspecified atom stereocenters. The number of ether oxygens (including phenoxy) is 1. The molecule has 93 valence electrons. The zero-order valence-electron chi connectivity index (χ0n) is 10.2. The van der Waals surface area contributed by atoms with Crippen LogP contribution in [0.4, 0.5) is 0 Å². The van der Waals surface area contributed by atoms with Gasteiger partial charge in [-0.3, -0.25) is 0 Å². The van der Waals surface area contributed by atoms with Gasteiger partial charge in [0.25, 0.3) is 0 Å². The number of hydrogen-bond acceptors (Lipinski definition) is 3. The van der Waals surface area contributed by atoms with Gasteiger partial charge in [-0.25, -0.2) is 4.90 Å². The van der Waals surface area contributed by atoms with Crippen molar-refractivity contribution < 1.29 is 9.84 Å². The molecule has 2 aliphatic rings. The second-order valence-corrected chi connectivity index (χ2v) is 4.30. The van der Waals surface area contributed by atoms with Gasteiger partial charge in [-0.2, -0.15) is 5.11 Å². The number of hydrogen-bond donors (Lipinski definition) is 1. The van der Waals surface area contributed by atoms with Crippen molar-refractivity contribution in [3.8, 4) is 0 Å². The molecule has 0 aromatic rings. The fourth-order valence-corrected chi connectivity index (χ4v) is 2.25. The molecule has 2 aliphatic heterocycles. The molecule has 2 heterocycles. The van der Waals surface area contributed by atoms with Crippen LogP contribution in [0, 0.1) is 0 Å². The van der Waals surface area contributed by atoms with Crippen LogP contribution >= 0.6 is 0 Å². The molecule has 1 atom stereocenters. The van der Waals surface area contributed by atoms with E-state index in [1.165, 1.54) is 13.5 Å². The van der Waals surface area contributed by atoms with Crippen LogP contribution in [-0.4, -0.2) is 31.0 Å². The summed E-state index contributed by atoms with van der Waals surface area (Å²) in [5.41, 5.74) is 0.548. The molecule has 0 spiro atoms. The van der Waals surface area contributed by atoms with Crippen molar-refractivity contribution in [2.24, 2.45) is 0 Å². The van der Waals surface area contributed by atoms with Crippen LogP contribution in [0.3, 0.4) is 0 Å². The van der Waals surface area contributed by atoms with Gasteiger partial charge >= 0.3 is 5.91 Å². The first-order valence-electron chi connectivity index (χ1n) is 6.08. The smallest absolute Gasteiger partial charge is 0.303 e. The van der Waals surface area contributed by atoms with E-state index in [-0.39, 0.29) is 0 Å². The van der Waals surface area contributed by atoms with Crippen LogP contribution in [0.1, 0.15) is 19.3 Å². The molecule has 17 heavy (non-hydrogen) atoms. The third kappa shape index (κ3) is 2.60. The number of rotatable bonds is 3. The Morgan fingerprint density at radius 1 is 1.24 bits per heavy atom. The molecule has 1 radical (unpaired) electrons. The van der Waals surface area contributed by atoms with Gasteiger partial charge in [0.15, 0.2) is 0 Å². The standard InChI is InChI=1S/C13H19N2O2/c1-17-13(16,15-10-6-3-7-11-15)12-8-4-2-5-9-14-12/h2,4-5,8-9,14H,3,6-7,10-11H2,1H3. The minimum absolute atomic E-state index is 0.548. The van der Waals surface area contributed by atoms with Crippen molar-refractivity contribution >= 4 is 0 Å². The average Bonchev–Trinajstić information content (AvgIpc) is 2.68. The van der Waals surface area contributed by atoms with E-state index in [1.807, 2.05) is 23.1 Å². The number of methoxy groups -OCH3 is 1. The molecule has 0 aliphatic carbocycles. The summed E-state index contributed by atoms with van der Waals surface area (Å²) in [7, 11) is 1.47. The molecule has 0 bridgehead atoms. The molecular weight excluding hydrogens is 216 g/mol. The van der Waals surface area contributed by atoms with E-state index in [4.69, 9.17) is 4.74 Å². The van der Waals surface area contributed by atoms with E-state index in [9.17, 15) is 5.11 Å². The highest BCUT2D eigenvalue weighted by Gasteiger charge is 2.41. The third-order valence-corrected chi connectivity index (χ3v) is 3.21. The highest BCUT2D eigenvalue weighted by molar-refractivity contribution is 5.25. The molecule has 2 rings (SSSR count). The van der Waals surface area contributed by atoms with Crippen molar-refractivity contribution in [3.05, 3.63) is 36.2 Å². The fourth-order valence-electron chi connectivity index (χ4n) is 2.25. The predicted octanol–water partition coefficient (Wildman–Crippen LogP) is 1.76. The first kappa shape index (κ1) is 12.4. The third-order valence-electron chi connectivity index (χ3n) is 3.21. The Morgan fingerprint density at radius 3 is 2.71 bits per heavy atom. The Labute approximate surface area is 102 Å². The van der Waals surface area contributed by atoms with Gasteiger partial charge in [-0.05, 0) is 25.0 Å². The van der Waals surface area contributed by atoms with Crippen LogP contribution in [0.2, 0.25) is 0 Å². The highest BCUT2D eigenvalue weighted by Crippen LogP contribution is 2.26. The molecule has 4 nitrogen and oxygen atoms in total. The number of nitrogens with zero attached hydrogens (tertiary/aromatic N) is 1. The van der Waals surface area contributed by atoms with E-state index in [1.54, 1.807) is 12.3 Å². The van der Waals surface area contributed by atoms with Gasteiger partial charge in [0, 0.05) is 26.4 Å². The summed E-state index contributed by atoms with van der Waals surface area (Å²) < 4.78 is 5.24. The van der Waals surface area contributed by atoms with E-state index >= 15 is 0 Å². The lowest BCUT2D eigenvalue weighted by atomic mass is 10.1. The normalized spacial score (nSPS) is 24.7. The molecule has 0 amide bonds. The van der Waals surface area contributed by atoms with E-state index in [2.05, 4.69) is 5.32 Å². The zero-order valence-corrected chi connectivity index (χ0v) is 10.2. The summed E-state index contributed by atoms with van der Waals surface area (Å²) in [6.45, 7) is 1.59. The summed E-state index contributed by atoms with van der Waals surface area (Å²) in [4.78, 5) is 1.86. The Hall–Kier alpha value is -1.10. The molecule has 0 aromatic carbocycles. The lowest BCUT2D eigenvalue weighted by Gasteiger charge is -2.39. The van der Waals surface area contributed by atoms with Gasteiger partial charge in [0.05, 0.1) is 5.70 Å². The Bertz CT molecular complexity index is 343. The number of piperidine rings is 1. The van der Waals surface area contributed by atoms with Crippen molar-refractivity contribution in [1.29, 1.82) is 0 Å². The second-order valence-electron chi connectivity index (χ2n) is 4.30. The molecule has 1 fully saturated rings. The molecule has 1 N–H and O–H groups in total. The quantitative estimate of drug-likeness (QED) is 0.758. The molecule has 1 saturated heterocycles. The zero-order chi connectivity index (χ0) is 12.1. The van der Waals surface area contributed by atoms with E-state index < -0.39 is 5.91 Å². The number of likely N-dealkylation sites (tertiary alicyclic amines) is 1. The fraction of sp³-hybridized carbons (Fsp3) is 0.538. The Kier molecular flexibility index (Phi) is 3.99. The molecule has 0 aromatic heterocycles. The predicted molar refractivity (Wildman–Crippen MR) is 65.3 cm³/mol. The summed E-state index contributed by atoms with van der Waals surface area (Å²) in [5.74, 6) is -1.60. The summed E-state index contributed by atoms with van der Waals surface area (Å²) in [5, 5.41) is 15.8. The van der Waals surface area contributed by atoms with Crippen molar-refractivity contribution in [2.75, 3.05) is 20.2 Å². The van der Waals surface area contributed by atoms with Crippen LogP contribution < -0.4 is 5.32 Å². The maximum Gasteiger partial charge on any atom is 0.303 e. The first-order chi connectivity index (χ1) is 8.27. The van der Waals surface area contributed by atoms with Gasteiger partial charge < -0.3 is 10.1 Å². The van der Waals surface area contributed by atoms with Crippen LogP contribution in [0.25, 0.3) is 0 Å². The summed E-state index contributed by atoms with van der Waals surface area (Å²) in [6, 6.07) is 0.